The van der Waals surface area contributed by atoms with Gasteiger partial charge < -0.3 is 4.52 Å². The van der Waals surface area contributed by atoms with Gasteiger partial charge in [0.25, 0.3) is 0 Å². The summed E-state index contributed by atoms with van der Waals surface area (Å²) in [6.45, 7) is 0.674. The zero-order valence-electron chi connectivity index (χ0n) is 10.5. The van der Waals surface area contributed by atoms with E-state index >= 15 is 0 Å². The van der Waals surface area contributed by atoms with Gasteiger partial charge in [-0.25, -0.2) is 4.57 Å². The second-order valence-corrected chi connectivity index (χ2v) is 8.86. The van der Waals surface area contributed by atoms with Gasteiger partial charge in [-0.05, 0) is 36.9 Å². The van der Waals surface area contributed by atoms with Crippen LogP contribution in [0.1, 0.15) is 20.3 Å². The third kappa shape index (κ3) is 5.37. The molecular weight excluding hydrogens is 350 g/mol. The summed E-state index contributed by atoms with van der Waals surface area (Å²) in [6, 6.07) is 2.95. The average Bonchev–Trinajstić information content (AvgIpc) is 2.32. The van der Waals surface area contributed by atoms with Gasteiger partial charge >= 0.3 is 6.80 Å². The van der Waals surface area contributed by atoms with Gasteiger partial charge in [-0.15, -0.1) is 0 Å². The van der Waals surface area contributed by atoms with E-state index in [-0.39, 0.29) is 22.4 Å². The molecule has 0 bridgehead atoms. The van der Waals surface area contributed by atoms with Gasteiger partial charge in [0.1, 0.15) is 0 Å². The van der Waals surface area contributed by atoms with Crippen molar-refractivity contribution in [2.24, 2.45) is 0 Å². The van der Waals surface area contributed by atoms with Crippen molar-refractivity contribution < 1.29 is 13.6 Å². The molecule has 1 atom stereocenters. The molecule has 0 aromatic heterocycles. The topological polar surface area (TPSA) is 35.5 Å². The quantitative estimate of drug-likeness (QED) is 0.531. The Hall–Kier alpha value is 0.430. The molecule has 1 aromatic rings. The average molecular weight is 364 g/mol. The number of rotatable bonds is 7. The van der Waals surface area contributed by atoms with E-state index in [9.17, 15) is 4.57 Å². The molecule has 0 heterocycles. The predicted molar refractivity (Wildman–Crippen MR) is 84.1 cm³/mol. The maximum atomic E-state index is 12.5. The molecule has 0 N–H and O–H groups in total. The fourth-order valence-electron chi connectivity index (χ4n) is 1.18. The molecular formula is C11H14Cl3O3PS. The van der Waals surface area contributed by atoms with Crippen LogP contribution in [0.5, 0.6) is 5.75 Å². The van der Waals surface area contributed by atoms with Gasteiger partial charge in [0.05, 0.1) is 16.7 Å². The van der Waals surface area contributed by atoms with Crippen molar-refractivity contribution in [1.29, 1.82) is 0 Å². The van der Waals surface area contributed by atoms with Crippen LogP contribution in [0.15, 0.2) is 12.1 Å². The maximum absolute atomic E-state index is 12.5. The Balaban J connectivity index is 3.00. The molecule has 0 radical (unpaired) electrons. The predicted octanol–water partition coefficient (Wildman–Crippen LogP) is 6.31. The molecule has 0 aliphatic rings. The third-order valence-corrected chi connectivity index (χ3v) is 6.61. The Morgan fingerprint density at radius 2 is 1.79 bits per heavy atom. The Labute approximate surface area is 132 Å². The maximum Gasteiger partial charge on any atom is 0.440 e. The van der Waals surface area contributed by atoms with Crippen LogP contribution in [-0.2, 0) is 9.09 Å². The van der Waals surface area contributed by atoms with Crippen molar-refractivity contribution in [2.45, 2.75) is 20.3 Å². The molecule has 3 nitrogen and oxygen atoms in total. The molecule has 0 amide bonds. The molecule has 1 unspecified atom stereocenters. The minimum Gasteiger partial charge on any atom is -0.414 e. The van der Waals surface area contributed by atoms with Crippen molar-refractivity contribution in [3.63, 3.8) is 0 Å². The standard InChI is InChI=1S/C11H14Cl3O3PS/c1-3-5-19-18(15,16-4-2)17-11-9(13)6-8(12)7-10(11)14/h6-7H,3-5H2,1-2H3. The molecule has 8 heteroatoms. The van der Waals surface area contributed by atoms with Crippen LogP contribution in [0.4, 0.5) is 0 Å². The SMILES string of the molecule is CCCSP(=O)(OCC)Oc1c(Cl)cc(Cl)cc1Cl. The highest BCUT2D eigenvalue weighted by molar-refractivity contribution is 8.55. The van der Waals surface area contributed by atoms with Gasteiger partial charge in [0, 0.05) is 10.8 Å². The first-order valence-corrected chi connectivity index (χ1v) is 9.91. The third-order valence-electron chi connectivity index (χ3n) is 1.91. The van der Waals surface area contributed by atoms with Gasteiger partial charge in [0.2, 0.25) is 0 Å². The summed E-state index contributed by atoms with van der Waals surface area (Å²) in [4.78, 5) is 0. The number of hydrogen-bond acceptors (Lipinski definition) is 4. The Bertz CT molecular complexity index is 461. The highest BCUT2D eigenvalue weighted by Crippen LogP contribution is 2.61. The van der Waals surface area contributed by atoms with Crippen LogP contribution >= 0.6 is 53.0 Å². The van der Waals surface area contributed by atoms with E-state index in [1.165, 1.54) is 12.1 Å². The lowest BCUT2D eigenvalue weighted by molar-refractivity contribution is 0.296. The van der Waals surface area contributed by atoms with E-state index < -0.39 is 6.80 Å². The second kappa shape index (κ2) is 8.02. The van der Waals surface area contributed by atoms with Crippen molar-refractivity contribution in [3.05, 3.63) is 27.2 Å². The molecule has 1 aromatic carbocycles. The molecule has 0 aliphatic heterocycles. The monoisotopic (exact) mass is 362 g/mol. The first-order chi connectivity index (χ1) is 8.91. The molecule has 0 aliphatic carbocycles. The normalized spacial score (nSPS) is 14.2. The van der Waals surface area contributed by atoms with Crippen molar-refractivity contribution >= 4 is 53.0 Å². The summed E-state index contributed by atoms with van der Waals surface area (Å²) >= 11 is 18.9. The summed E-state index contributed by atoms with van der Waals surface area (Å²) in [5.41, 5.74) is 0. The zero-order valence-corrected chi connectivity index (χ0v) is 14.5. The molecule has 0 fully saturated rings. The fraction of sp³-hybridized carbons (Fsp3) is 0.455. The van der Waals surface area contributed by atoms with Crippen LogP contribution in [-0.4, -0.2) is 12.4 Å². The summed E-state index contributed by atoms with van der Waals surface area (Å²) < 4.78 is 23.2. The minimum atomic E-state index is -3.32. The molecule has 0 saturated carbocycles. The lowest BCUT2D eigenvalue weighted by Gasteiger charge is -2.19. The van der Waals surface area contributed by atoms with Gasteiger partial charge in [0.15, 0.2) is 5.75 Å². The van der Waals surface area contributed by atoms with E-state index in [1.54, 1.807) is 6.92 Å². The van der Waals surface area contributed by atoms with Crippen LogP contribution < -0.4 is 4.52 Å². The molecule has 1 rings (SSSR count). The Morgan fingerprint density at radius 1 is 1.21 bits per heavy atom. The first kappa shape index (κ1) is 17.5. The highest BCUT2D eigenvalue weighted by Gasteiger charge is 2.28. The number of benzene rings is 1. The van der Waals surface area contributed by atoms with E-state index in [0.29, 0.717) is 10.8 Å². The van der Waals surface area contributed by atoms with Crippen molar-refractivity contribution in [2.75, 3.05) is 12.4 Å². The zero-order chi connectivity index (χ0) is 14.5. The smallest absolute Gasteiger partial charge is 0.414 e. The van der Waals surface area contributed by atoms with Crippen LogP contribution in [0.25, 0.3) is 0 Å². The first-order valence-electron chi connectivity index (χ1n) is 5.65. The Morgan fingerprint density at radius 3 is 2.26 bits per heavy atom. The highest BCUT2D eigenvalue weighted by atomic mass is 35.5. The molecule has 0 saturated heterocycles. The number of hydrogen-bond donors (Lipinski definition) is 0. The summed E-state index contributed by atoms with van der Waals surface area (Å²) in [5.74, 6) is 0.785. The van der Waals surface area contributed by atoms with E-state index in [1.807, 2.05) is 6.92 Å². The molecule has 108 valence electrons. The van der Waals surface area contributed by atoms with Crippen LogP contribution in [0.2, 0.25) is 15.1 Å². The summed E-state index contributed by atoms with van der Waals surface area (Å²) in [7, 11) is 0. The van der Waals surface area contributed by atoms with Gasteiger partial charge in [-0.3, -0.25) is 4.52 Å². The largest absolute Gasteiger partial charge is 0.440 e. The minimum absolute atomic E-state index is 0.133. The van der Waals surface area contributed by atoms with Crippen molar-refractivity contribution in [1.82, 2.24) is 0 Å². The summed E-state index contributed by atoms with van der Waals surface area (Å²) in [6.07, 6.45) is 0.854. The van der Waals surface area contributed by atoms with Crippen molar-refractivity contribution in [3.8, 4) is 5.75 Å². The molecule has 0 spiro atoms. The summed E-state index contributed by atoms with van der Waals surface area (Å²) in [5, 5.41) is 0.791. The van der Waals surface area contributed by atoms with Crippen LogP contribution in [0.3, 0.4) is 0 Å². The lowest BCUT2D eigenvalue weighted by Crippen LogP contribution is -1.97. The second-order valence-electron chi connectivity index (χ2n) is 3.49. The molecule has 19 heavy (non-hydrogen) atoms. The Kier molecular flexibility index (Phi) is 7.37. The number of halogens is 3. The van der Waals surface area contributed by atoms with E-state index in [2.05, 4.69) is 0 Å². The van der Waals surface area contributed by atoms with Crippen LogP contribution in [0, 0.1) is 0 Å². The van der Waals surface area contributed by atoms with Gasteiger partial charge in [-0.1, -0.05) is 41.7 Å². The fourth-order valence-corrected chi connectivity index (χ4v) is 5.64. The lowest BCUT2D eigenvalue weighted by atomic mass is 10.3. The van der Waals surface area contributed by atoms with E-state index in [0.717, 1.165) is 17.8 Å². The van der Waals surface area contributed by atoms with Gasteiger partial charge in [-0.2, -0.15) is 0 Å². The van der Waals surface area contributed by atoms with E-state index in [4.69, 9.17) is 43.9 Å².